The fraction of sp³-hybridized carbons (Fsp3) is 0.375. The van der Waals surface area contributed by atoms with Gasteiger partial charge in [0.25, 0.3) is 0 Å². The maximum atomic E-state index is 14.5. The van der Waals surface area contributed by atoms with Crippen LogP contribution >= 0.6 is 0 Å². The fourth-order valence-electron chi connectivity index (χ4n) is 6.85. The van der Waals surface area contributed by atoms with E-state index in [0.717, 1.165) is 71.6 Å². The Balaban J connectivity index is 1.22. The summed E-state index contributed by atoms with van der Waals surface area (Å²) in [6.45, 7) is 9.90. The molecule has 0 amide bonds. The molecule has 1 spiro atoms. The van der Waals surface area contributed by atoms with Crippen LogP contribution in [0.5, 0.6) is 0 Å². The summed E-state index contributed by atoms with van der Waals surface area (Å²) in [6, 6.07) is 13.6. The Morgan fingerprint density at radius 3 is 2.71 bits per heavy atom. The molecule has 1 unspecified atom stereocenters. The molecule has 2 N–H and O–H groups in total. The van der Waals surface area contributed by atoms with Crippen molar-refractivity contribution in [2.24, 2.45) is 5.41 Å². The number of aromatic nitrogens is 4. The van der Waals surface area contributed by atoms with Gasteiger partial charge in [0.05, 0.1) is 50.4 Å². The molecule has 7 rings (SSSR count). The van der Waals surface area contributed by atoms with Crippen LogP contribution in [0.4, 0.5) is 10.1 Å². The molecule has 9 heteroatoms. The number of aromatic amines is 1. The number of piperidine rings is 1. The molecule has 2 atom stereocenters. The highest BCUT2D eigenvalue weighted by molar-refractivity contribution is 7.84. The quantitative estimate of drug-likeness (QED) is 0.267. The zero-order valence-corrected chi connectivity index (χ0v) is 24.7. The molecule has 1 aliphatic heterocycles. The first-order chi connectivity index (χ1) is 19.7. The van der Waals surface area contributed by atoms with E-state index in [1.54, 1.807) is 12.3 Å². The van der Waals surface area contributed by atoms with Gasteiger partial charge < -0.3 is 9.88 Å². The molecule has 0 saturated carbocycles. The van der Waals surface area contributed by atoms with Crippen LogP contribution < -0.4 is 9.62 Å². The number of fused-ring (bicyclic) bond motifs is 3. The van der Waals surface area contributed by atoms with Gasteiger partial charge in [0, 0.05) is 42.1 Å². The summed E-state index contributed by atoms with van der Waals surface area (Å²) >= 11 is 0. The van der Waals surface area contributed by atoms with Gasteiger partial charge in [-0.25, -0.2) is 17.8 Å². The van der Waals surface area contributed by atoms with Gasteiger partial charge in [-0.3, -0.25) is 4.98 Å². The molecule has 1 aliphatic carbocycles. The van der Waals surface area contributed by atoms with E-state index in [4.69, 9.17) is 10.1 Å². The molecule has 2 aliphatic rings. The molecule has 0 bridgehead atoms. The second kappa shape index (κ2) is 9.49. The molecular weight excluding hydrogens is 535 g/mol. The summed E-state index contributed by atoms with van der Waals surface area (Å²) in [4.78, 5) is 10.4. The lowest BCUT2D eigenvalue weighted by molar-refractivity contribution is 0.177. The third-order valence-electron chi connectivity index (χ3n) is 9.02. The Kier molecular flexibility index (Phi) is 6.10. The smallest absolute Gasteiger partial charge is 0.132 e. The standard InChI is InChI=1S/C32H35FN6OS/c1-20-18-27(26-10-15-36-39(26)29(20)23-7-8-24(33)21-9-14-35-28(21)23)38-16-11-32(12-17-38)19-25-22(6-5-13-34-25)30(32)37-41(40)31(2,3)4/h5-10,13-15,18,30,35,37H,11-12,16-17,19H2,1-4H3/t30-,41?/m1/s1. The Bertz CT molecular complexity index is 1810. The van der Waals surface area contributed by atoms with Gasteiger partial charge >= 0.3 is 0 Å². The van der Waals surface area contributed by atoms with Crippen LogP contribution in [0.25, 0.3) is 27.7 Å². The number of rotatable bonds is 4. The van der Waals surface area contributed by atoms with Crippen LogP contribution in [-0.2, 0) is 17.4 Å². The number of hydrogen-bond donors (Lipinski definition) is 2. The highest BCUT2D eigenvalue weighted by Crippen LogP contribution is 2.52. The van der Waals surface area contributed by atoms with Crippen molar-refractivity contribution >= 4 is 33.1 Å². The first-order valence-corrected chi connectivity index (χ1v) is 15.4. The zero-order valence-electron chi connectivity index (χ0n) is 23.9. The number of hydrogen-bond acceptors (Lipinski definition) is 4. The third-order valence-corrected chi connectivity index (χ3v) is 10.6. The van der Waals surface area contributed by atoms with E-state index in [0.29, 0.717) is 5.39 Å². The third kappa shape index (κ3) is 4.20. The molecule has 7 nitrogen and oxygen atoms in total. The van der Waals surface area contributed by atoms with E-state index in [-0.39, 0.29) is 22.0 Å². The summed E-state index contributed by atoms with van der Waals surface area (Å²) < 4.78 is 32.9. The van der Waals surface area contributed by atoms with Gasteiger partial charge in [0.1, 0.15) is 5.82 Å². The van der Waals surface area contributed by atoms with E-state index >= 15 is 0 Å². The minimum atomic E-state index is -1.18. The van der Waals surface area contributed by atoms with Crippen LogP contribution in [0, 0.1) is 18.2 Å². The number of pyridine rings is 2. The van der Waals surface area contributed by atoms with Gasteiger partial charge in [0.15, 0.2) is 0 Å². The molecule has 41 heavy (non-hydrogen) atoms. The molecule has 1 saturated heterocycles. The Morgan fingerprint density at radius 1 is 1.12 bits per heavy atom. The van der Waals surface area contributed by atoms with E-state index in [2.05, 4.69) is 39.7 Å². The number of anilines is 1. The Hall–Kier alpha value is -3.56. The van der Waals surface area contributed by atoms with E-state index in [1.807, 2.05) is 49.8 Å². The van der Waals surface area contributed by atoms with Gasteiger partial charge in [-0.2, -0.15) is 5.10 Å². The summed E-state index contributed by atoms with van der Waals surface area (Å²) in [5, 5.41) is 5.30. The van der Waals surface area contributed by atoms with Crippen molar-refractivity contribution in [3.63, 3.8) is 0 Å². The van der Waals surface area contributed by atoms with Crippen molar-refractivity contribution in [1.82, 2.24) is 24.3 Å². The minimum absolute atomic E-state index is 0.00851. The molecule has 4 aromatic heterocycles. The van der Waals surface area contributed by atoms with Crippen LogP contribution in [0.2, 0.25) is 0 Å². The monoisotopic (exact) mass is 570 g/mol. The number of nitrogens with zero attached hydrogens (tertiary/aromatic N) is 4. The average molecular weight is 571 g/mol. The number of H-pyrrole nitrogens is 1. The van der Waals surface area contributed by atoms with E-state index in [9.17, 15) is 8.60 Å². The topological polar surface area (TPSA) is 78.3 Å². The van der Waals surface area contributed by atoms with Crippen molar-refractivity contribution in [2.75, 3.05) is 18.0 Å². The SMILES string of the molecule is Cc1cc(N2CCC3(CC2)Cc2ncccc2[C@H]3NS(=O)C(C)(C)C)c2ccnn2c1-c1ccc(F)c2cc[nH]c12. The van der Waals surface area contributed by atoms with Gasteiger partial charge in [-0.05, 0) is 99.9 Å². The molecular formula is C32H35FN6OS. The summed E-state index contributed by atoms with van der Waals surface area (Å²) in [6.07, 6.45) is 8.31. The predicted molar refractivity (Wildman–Crippen MR) is 163 cm³/mol. The highest BCUT2D eigenvalue weighted by atomic mass is 32.2. The normalized spacial score (nSPS) is 19.3. The number of halogens is 1. The first-order valence-electron chi connectivity index (χ1n) is 14.3. The lowest BCUT2D eigenvalue weighted by Gasteiger charge is -2.44. The van der Waals surface area contributed by atoms with Crippen molar-refractivity contribution in [3.8, 4) is 11.3 Å². The molecule has 212 valence electrons. The Morgan fingerprint density at radius 2 is 1.93 bits per heavy atom. The van der Waals surface area contributed by atoms with Crippen LogP contribution in [0.3, 0.4) is 0 Å². The number of benzene rings is 1. The highest BCUT2D eigenvalue weighted by Gasteiger charge is 2.49. The van der Waals surface area contributed by atoms with Gasteiger partial charge in [0.2, 0.25) is 0 Å². The second-order valence-electron chi connectivity index (χ2n) is 12.5. The minimum Gasteiger partial charge on any atom is -0.370 e. The first kappa shape index (κ1) is 26.3. The van der Waals surface area contributed by atoms with Crippen LogP contribution in [0.15, 0.2) is 61.1 Å². The van der Waals surface area contributed by atoms with Crippen LogP contribution in [0.1, 0.15) is 56.5 Å². The molecule has 1 fully saturated rings. The van der Waals surface area contributed by atoms with E-state index < -0.39 is 11.0 Å². The van der Waals surface area contributed by atoms with Crippen molar-refractivity contribution in [3.05, 3.63) is 83.7 Å². The molecule has 5 heterocycles. The maximum Gasteiger partial charge on any atom is 0.132 e. The summed E-state index contributed by atoms with van der Waals surface area (Å²) in [5.74, 6) is -0.235. The fourth-order valence-corrected chi connectivity index (χ4v) is 7.79. The largest absolute Gasteiger partial charge is 0.370 e. The van der Waals surface area contributed by atoms with Gasteiger partial charge in [-0.1, -0.05) is 6.07 Å². The number of nitrogens with one attached hydrogen (secondary N) is 2. The lowest BCUT2D eigenvalue weighted by Crippen LogP contribution is -2.48. The van der Waals surface area contributed by atoms with Crippen molar-refractivity contribution in [1.29, 1.82) is 0 Å². The summed E-state index contributed by atoms with van der Waals surface area (Å²) in [7, 11) is -1.18. The molecule has 5 aromatic rings. The van der Waals surface area contributed by atoms with Crippen molar-refractivity contribution < 1.29 is 8.60 Å². The lowest BCUT2D eigenvalue weighted by atomic mass is 9.73. The number of aryl methyl sites for hydroxylation is 1. The zero-order chi connectivity index (χ0) is 28.5. The maximum absolute atomic E-state index is 14.5. The van der Waals surface area contributed by atoms with E-state index in [1.165, 1.54) is 11.6 Å². The molecule has 0 radical (unpaired) electrons. The predicted octanol–water partition coefficient (Wildman–Crippen LogP) is 6.26. The second-order valence-corrected chi connectivity index (χ2v) is 14.5. The molecule has 1 aromatic carbocycles. The van der Waals surface area contributed by atoms with Crippen molar-refractivity contribution in [2.45, 2.75) is 57.7 Å². The summed E-state index contributed by atoms with van der Waals surface area (Å²) in [5.41, 5.74) is 8.21. The van der Waals surface area contributed by atoms with Crippen LogP contribution in [-0.4, -0.2) is 41.6 Å². The van der Waals surface area contributed by atoms with Gasteiger partial charge in [-0.15, -0.1) is 0 Å². The average Bonchev–Trinajstić information content (AvgIpc) is 3.69. The Labute approximate surface area is 241 Å².